The lowest BCUT2D eigenvalue weighted by atomic mass is 10.1. The number of urea groups is 1. The number of hydrogen-bond acceptors (Lipinski definition) is 6. The molecule has 12 heteroatoms. The number of nitrogens with one attached hydrogen (secondary N) is 3. The Morgan fingerprint density at radius 3 is 2.42 bits per heavy atom. The number of nitrogens with zero attached hydrogens (tertiary/aromatic N) is 1. The summed E-state index contributed by atoms with van der Waals surface area (Å²) in [7, 11) is -2.27. The summed E-state index contributed by atoms with van der Waals surface area (Å²) < 4.78 is 28.0. The molecule has 0 aliphatic heterocycles. The van der Waals surface area contributed by atoms with Gasteiger partial charge in [0, 0.05) is 30.0 Å². The van der Waals surface area contributed by atoms with Crippen LogP contribution in [0.1, 0.15) is 0 Å². The number of anilines is 2. The number of rotatable bonds is 5. The van der Waals surface area contributed by atoms with E-state index in [-0.39, 0.29) is 24.8 Å². The van der Waals surface area contributed by atoms with Crippen LogP contribution in [-0.4, -0.2) is 26.1 Å². The van der Waals surface area contributed by atoms with Crippen LogP contribution in [0, 0.1) is 0 Å². The van der Waals surface area contributed by atoms with Crippen molar-refractivity contribution < 1.29 is 13.2 Å². The number of thiophene rings is 1. The Kier molecular flexibility index (Phi) is 6.35. The molecular weight excluding hydrogens is 507 g/mol. The molecule has 33 heavy (non-hydrogen) atoms. The predicted octanol–water partition coefficient (Wildman–Crippen LogP) is 4.91. The highest BCUT2D eigenvalue weighted by Crippen LogP contribution is 2.27. The normalized spacial score (nSPS) is 11.4. The Hall–Kier alpha value is -3.05. The van der Waals surface area contributed by atoms with Gasteiger partial charge in [-0.25, -0.2) is 17.9 Å². The third-order valence-corrected chi connectivity index (χ3v) is 8.05. The van der Waals surface area contributed by atoms with Crippen molar-refractivity contribution in [1.82, 2.24) is 9.29 Å². The minimum atomic E-state index is -4.06. The molecule has 2 amide bonds. The third-order valence-electron chi connectivity index (χ3n) is 4.70. The average Bonchev–Trinajstić information content (AvgIpc) is 3.21. The van der Waals surface area contributed by atoms with Crippen LogP contribution in [-0.2, 0) is 10.0 Å². The van der Waals surface area contributed by atoms with Crippen molar-refractivity contribution in [2.75, 3.05) is 17.7 Å². The number of fused-ring (bicyclic) bond motifs is 1. The highest BCUT2D eigenvalue weighted by Gasteiger charge is 2.20. The number of aromatic nitrogens is 1. The zero-order valence-corrected chi connectivity index (χ0v) is 20.1. The quantitative estimate of drug-likeness (QED) is 0.345. The number of halogens is 2. The third kappa shape index (κ3) is 4.83. The Labute approximate surface area is 202 Å². The molecule has 4 aromatic rings. The van der Waals surface area contributed by atoms with Gasteiger partial charge in [-0.15, -0.1) is 11.3 Å². The monoisotopic (exact) mass is 522 g/mol. The molecule has 170 valence electrons. The van der Waals surface area contributed by atoms with Crippen molar-refractivity contribution in [2.45, 2.75) is 4.21 Å². The van der Waals surface area contributed by atoms with E-state index in [0.717, 1.165) is 22.4 Å². The Morgan fingerprint density at radius 1 is 1.00 bits per heavy atom. The number of carbonyl (C=O) groups excluding carboxylic acids is 1. The first-order valence-electron chi connectivity index (χ1n) is 9.40. The molecule has 0 atom stereocenters. The molecule has 0 saturated carbocycles. The van der Waals surface area contributed by atoms with Crippen molar-refractivity contribution in [3.05, 3.63) is 80.5 Å². The summed E-state index contributed by atoms with van der Waals surface area (Å²) in [6.45, 7) is 0. The molecule has 8 nitrogen and oxygen atoms in total. The van der Waals surface area contributed by atoms with Gasteiger partial charge in [0.1, 0.15) is 4.21 Å². The van der Waals surface area contributed by atoms with Crippen LogP contribution in [0.15, 0.2) is 69.8 Å². The molecule has 4 rings (SSSR count). The average molecular weight is 523 g/mol. The maximum Gasteiger partial charge on any atom is 0.333 e. The number of sulfonamides is 1. The second kappa shape index (κ2) is 9.06. The lowest BCUT2D eigenvalue weighted by Crippen LogP contribution is -2.33. The molecule has 0 saturated heterocycles. The number of benzene rings is 2. The van der Waals surface area contributed by atoms with Crippen molar-refractivity contribution in [3.8, 4) is 5.69 Å². The molecule has 0 aliphatic rings. The molecule has 2 heterocycles. The summed E-state index contributed by atoms with van der Waals surface area (Å²) >= 11 is 13.0. The van der Waals surface area contributed by atoms with Gasteiger partial charge in [-0.05, 0) is 60.0 Å². The van der Waals surface area contributed by atoms with Gasteiger partial charge < -0.3 is 10.6 Å². The summed E-state index contributed by atoms with van der Waals surface area (Å²) in [5.41, 5.74) is 1.29. The topological polar surface area (TPSA) is 109 Å². The van der Waals surface area contributed by atoms with Gasteiger partial charge in [-0.3, -0.25) is 9.36 Å². The molecular formula is C21H16Cl2N4O4S2. The van der Waals surface area contributed by atoms with Gasteiger partial charge in [0.05, 0.1) is 15.0 Å². The second-order valence-electron chi connectivity index (χ2n) is 6.83. The number of carbonyl (C=O) groups is 1. The first-order valence-corrected chi connectivity index (χ1v) is 12.5. The van der Waals surface area contributed by atoms with E-state index in [0.29, 0.717) is 11.1 Å². The second-order valence-corrected chi connectivity index (χ2v) is 10.9. The summed E-state index contributed by atoms with van der Waals surface area (Å²) in [4.78, 5) is 25.2. The van der Waals surface area contributed by atoms with Crippen molar-refractivity contribution in [1.29, 1.82) is 0 Å². The minimum Gasteiger partial charge on any atom is -0.388 e. The molecule has 2 aromatic carbocycles. The van der Waals surface area contributed by atoms with Gasteiger partial charge in [0.15, 0.2) is 0 Å². The zero-order valence-electron chi connectivity index (χ0n) is 16.9. The standard InChI is InChI=1S/C21H16Cl2N4O4S2/c1-24-13-2-4-15-12(10-13)8-9-27(20(15)28)17-5-3-14(11-16(17)22)25-21(29)26-33(30,31)19-7-6-18(23)32-19/h2-11,24H,1H3,(H2,25,26,29). The van der Waals surface area contributed by atoms with Gasteiger partial charge in [0.25, 0.3) is 15.6 Å². The van der Waals surface area contributed by atoms with Crippen LogP contribution in [0.4, 0.5) is 16.2 Å². The highest BCUT2D eigenvalue weighted by molar-refractivity contribution is 7.92. The summed E-state index contributed by atoms with van der Waals surface area (Å²) in [6, 6.07) is 13.5. The van der Waals surface area contributed by atoms with Crippen LogP contribution < -0.4 is 20.9 Å². The fourth-order valence-electron chi connectivity index (χ4n) is 3.14. The van der Waals surface area contributed by atoms with Crippen LogP contribution in [0.25, 0.3) is 16.5 Å². The van der Waals surface area contributed by atoms with E-state index < -0.39 is 16.1 Å². The Morgan fingerprint density at radius 2 is 1.76 bits per heavy atom. The van der Waals surface area contributed by atoms with E-state index in [4.69, 9.17) is 23.2 Å². The van der Waals surface area contributed by atoms with Crippen molar-refractivity contribution in [2.24, 2.45) is 0 Å². The van der Waals surface area contributed by atoms with Crippen LogP contribution in [0.3, 0.4) is 0 Å². The zero-order chi connectivity index (χ0) is 23.8. The predicted molar refractivity (Wildman–Crippen MR) is 133 cm³/mol. The van der Waals surface area contributed by atoms with E-state index in [1.165, 1.54) is 28.8 Å². The van der Waals surface area contributed by atoms with E-state index in [1.54, 1.807) is 37.5 Å². The maximum atomic E-state index is 13.0. The molecule has 0 fully saturated rings. The van der Waals surface area contributed by atoms with Crippen LogP contribution in [0.2, 0.25) is 9.36 Å². The van der Waals surface area contributed by atoms with Crippen molar-refractivity contribution >= 4 is 72.7 Å². The Balaban J connectivity index is 1.57. The van der Waals surface area contributed by atoms with Crippen molar-refractivity contribution in [3.63, 3.8) is 0 Å². The van der Waals surface area contributed by atoms with Gasteiger partial charge in [-0.2, -0.15) is 0 Å². The van der Waals surface area contributed by atoms with E-state index in [1.807, 2.05) is 10.8 Å². The molecule has 0 bridgehead atoms. The molecule has 0 spiro atoms. The smallest absolute Gasteiger partial charge is 0.333 e. The maximum absolute atomic E-state index is 13.0. The Bertz CT molecular complexity index is 1550. The molecule has 0 unspecified atom stereocenters. The van der Waals surface area contributed by atoms with Gasteiger partial charge in [-0.1, -0.05) is 23.2 Å². The number of hydrogen-bond donors (Lipinski definition) is 3. The highest BCUT2D eigenvalue weighted by atomic mass is 35.5. The van der Waals surface area contributed by atoms with E-state index >= 15 is 0 Å². The number of amides is 2. The van der Waals surface area contributed by atoms with Crippen LogP contribution >= 0.6 is 34.5 Å². The van der Waals surface area contributed by atoms with Gasteiger partial charge >= 0.3 is 6.03 Å². The minimum absolute atomic E-state index is 0.0893. The van der Waals surface area contributed by atoms with Gasteiger partial charge in [0.2, 0.25) is 0 Å². The summed E-state index contributed by atoms with van der Waals surface area (Å²) in [5.74, 6) is 0. The fraction of sp³-hybridized carbons (Fsp3) is 0.0476. The largest absolute Gasteiger partial charge is 0.388 e. The fourth-order valence-corrected chi connectivity index (χ4v) is 5.81. The van der Waals surface area contributed by atoms with Crippen LogP contribution in [0.5, 0.6) is 0 Å². The van der Waals surface area contributed by atoms with E-state index in [9.17, 15) is 18.0 Å². The first-order chi connectivity index (χ1) is 15.7. The molecule has 0 radical (unpaired) electrons. The molecule has 0 aliphatic carbocycles. The number of pyridine rings is 1. The lowest BCUT2D eigenvalue weighted by molar-refractivity contribution is 0.256. The molecule has 3 N–H and O–H groups in total. The SMILES string of the molecule is CNc1ccc2c(=O)n(-c3ccc(NC(=O)NS(=O)(=O)c4ccc(Cl)s4)cc3Cl)ccc2c1. The summed E-state index contributed by atoms with van der Waals surface area (Å²) in [5, 5.41) is 6.93. The summed E-state index contributed by atoms with van der Waals surface area (Å²) in [6.07, 6.45) is 1.61. The first kappa shape index (κ1) is 23.1. The lowest BCUT2D eigenvalue weighted by Gasteiger charge is -2.12. The van der Waals surface area contributed by atoms with E-state index in [2.05, 4.69) is 10.6 Å². The molecule has 2 aromatic heterocycles.